The maximum atomic E-state index is 13.1. The highest BCUT2D eigenvalue weighted by atomic mass is 35.5. The molecule has 10 heteroatoms. The molecule has 0 radical (unpaired) electrons. The van der Waals surface area contributed by atoms with E-state index in [-0.39, 0.29) is 24.0 Å². The van der Waals surface area contributed by atoms with Crippen molar-refractivity contribution in [2.45, 2.75) is 31.5 Å². The Morgan fingerprint density at radius 2 is 2.00 bits per heavy atom. The number of amides is 1. The maximum absolute atomic E-state index is 13.1. The maximum Gasteiger partial charge on any atom is 0.337 e. The zero-order chi connectivity index (χ0) is 23.2. The van der Waals surface area contributed by atoms with Gasteiger partial charge in [-0.2, -0.15) is 0 Å². The van der Waals surface area contributed by atoms with Crippen molar-refractivity contribution in [2.24, 2.45) is 0 Å². The molecule has 1 aliphatic heterocycles. The van der Waals surface area contributed by atoms with Gasteiger partial charge in [0, 0.05) is 24.7 Å². The van der Waals surface area contributed by atoms with Crippen molar-refractivity contribution in [3.8, 4) is 0 Å². The third-order valence-corrected chi connectivity index (χ3v) is 6.02. The first-order chi connectivity index (χ1) is 16.0. The van der Waals surface area contributed by atoms with Gasteiger partial charge in [-0.05, 0) is 58.7 Å². The largest absolute Gasteiger partial charge is 0.465 e. The van der Waals surface area contributed by atoms with Gasteiger partial charge in [0.15, 0.2) is 0 Å². The molecule has 33 heavy (non-hydrogen) atoms. The van der Waals surface area contributed by atoms with Gasteiger partial charge in [-0.15, -0.1) is 5.10 Å². The van der Waals surface area contributed by atoms with Crippen molar-refractivity contribution in [3.05, 3.63) is 76.6 Å². The molecular formula is C23H25ClN6O3. The van der Waals surface area contributed by atoms with E-state index in [0.717, 1.165) is 11.1 Å². The second-order valence-corrected chi connectivity index (χ2v) is 8.42. The average molecular weight is 469 g/mol. The fourth-order valence-corrected chi connectivity index (χ4v) is 4.31. The van der Waals surface area contributed by atoms with Crippen molar-refractivity contribution in [1.29, 1.82) is 0 Å². The summed E-state index contributed by atoms with van der Waals surface area (Å²) < 4.78 is 6.46. The van der Waals surface area contributed by atoms with Gasteiger partial charge in [0.2, 0.25) is 5.91 Å². The summed E-state index contributed by atoms with van der Waals surface area (Å²) in [6, 6.07) is 14.5. The lowest BCUT2D eigenvalue weighted by molar-refractivity contribution is -0.125. The van der Waals surface area contributed by atoms with Crippen molar-refractivity contribution >= 4 is 23.5 Å². The number of ether oxygens (including phenoxy) is 1. The van der Waals surface area contributed by atoms with Gasteiger partial charge in [0.25, 0.3) is 0 Å². The summed E-state index contributed by atoms with van der Waals surface area (Å²) >= 11 is 6.05. The number of halogens is 1. The number of rotatable bonds is 8. The Morgan fingerprint density at radius 1 is 1.18 bits per heavy atom. The molecule has 2 atom stereocenters. The Hall–Kier alpha value is -3.30. The van der Waals surface area contributed by atoms with Gasteiger partial charge in [-0.1, -0.05) is 35.9 Å². The predicted molar refractivity (Wildman–Crippen MR) is 122 cm³/mol. The number of methoxy groups -OCH3 is 1. The van der Waals surface area contributed by atoms with Crippen LogP contribution in [0.5, 0.6) is 0 Å². The highest BCUT2D eigenvalue weighted by Gasteiger charge is 2.38. The Balaban J connectivity index is 1.42. The summed E-state index contributed by atoms with van der Waals surface area (Å²) in [4.78, 5) is 26.9. The van der Waals surface area contributed by atoms with E-state index in [2.05, 4.69) is 25.7 Å². The Bertz CT molecular complexity index is 1090. The summed E-state index contributed by atoms with van der Waals surface area (Å²) in [6.45, 7) is 1.72. The van der Waals surface area contributed by atoms with Crippen LogP contribution in [0.1, 0.15) is 33.9 Å². The number of hydrogen-bond donors (Lipinski definition) is 1. The average Bonchev–Trinajstić information content (AvgIpc) is 3.49. The third kappa shape index (κ3) is 5.74. The lowest BCUT2D eigenvalue weighted by Crippen LogP contribution is -2.43. The topological polar surface area (TPSA) is 102 Å². The molecular weight excluding hydrogens is 444 g/mol. The summed E-state index contributed by atoms with van der Waals surface area (Å²) in [5.41, 5.74) is 2.56. The van der Waals surface area contributed by atoms with Crippen LogP contribution in [0.2, 0.25) is 5.02 Å². The Labute approximate surface area is 196 Å². The number of nitrogens with one attached hydrogen (secondary N) is 1. The van der Waals surface area contributed by atoms with Crippen LogP contribution < -0.4 is 5.32 Å². The fraction of sp³-hybridized carbons (Fsp3) is 0.348. The molecule has 3 aromatic rings. The predicted octanol–water partition coefficient (Wildman–Crippen LogP) is 2.29. The molecule has 0 bridgehead atoms. The molecule has 1 fully saturated rings. The van der Waals surface area contributed by atoms with Crippen molar-refractivity contribution < 1.29 is 14.3 Å². The molecule has 0 spiro atoms. The smallest absolute Gasteiger partial charge is 0.337 e. The molecule has 172 valence electrons. The van der Waals surface area contributed by atoms with Crippen LogP contribution in [0, 0.1) is 0 Å². The number of hydrogen-bond acceptors (Lipinski definition) is 7. The van der Waals surface area contributed by atoms with E-state index in [4.69, 9.17) is 16.3 Å². The summed E-state index contributed by atoms with van der Waals surface area (Å²) in [5.74, 6) is -0.405. The number of tetrazole rings is 1. The highest BCUT2D eigenvalue weighted by Crippen LogP contribution is 2.28. The highest BCUT2D eigenvalue weighted by molar-refractivity contribution is 6.30. The minimum atomic E-state index is -0.376. The molecule has 2 heterocycles. The number of carbonyl (C=O) groups is 2. The van der Waals surface area contributed by atoms with Gasteiger partial charge in [-0.25, -0.2) is 9.48 Å². The molecule has 1 aromatic heterocycles. The second-order valence-electron chi connectivity index (χ2n) is 7.98. The molecule has 1 aliphatic rings. The van der Waals surface area contributed by atoms with Crippen LogP contribution in [-0.2, 0) is 22.5 Å². The van der Waals surface area contributed by atoms with Gasteiger partial charge in [-0.3, -0.25) is 9.69 Å². The summed E-state index contributed by atoms with van der Waals surface area (Å²) in [7, 11) is 1.36. The standard InChI is InChI=1S/C23H25ClN6O3/c1-33-23(32)18-7-5-17(6-8-18)13-29-14-20(30-15-26-27-28-30)12-21(29)22(31)25-10-9-16-3-2-4-19(24)11-16/h2-8,11,15,20-21H,9-10,12-14H2,1H3,(H,25,31)/t20-,21+/m1/s1. The van der Waals surface area contributed by atoms with Crippen LogP contribution in [-0.4, -0.2) is 63.2 Å². The van der Waals surface area contributed by atoms with E-state index in [1.165, 1.54) is 7.11 Å². The van der Waals surface area contributed by atoms with E-state index in [1.807, 2.05) is 36.4 Å². The normalized spacial score (nSPS) is 18.2. The van der Waals surface area contributed by atoms with E-state index in [1.54, 1.807) is 23.1 Å². The summed E-state index contributed by atoms with van der Waals surface area (Å²) in [5, 5.41) is 15.2. The number of benzene rings is 2. The first-order valence-corrected chi connectivity index (χ1v) is 11.1. The molecule has 0 saturated carbocycles. The number of likely N-dealkylation sites (tertiary alicyclic amines) is 1. The van der Waals surface area contributed by atoms with Gasteiger partial charge >= 0.3 is 5.97 Å². The van der Waals surface area contributed by atoms with Crippen LogP contribution in [0.3, 0.4) is 0 Å². The van der Waals surface area contributed by atoms with E-state index in [0.29, 0.717) is 43.1 Å². The summed E-state index contributed by atoms with van der Waals surface area (Å²) in [6.07, 6.45) is 2.88. The zero-order valence-electron chi connectivity index (χ0n) is 18.2. The van der Waals surface area contributed by atoms with E-state index in [9.17, 15) is 9.59 Å². The number of esters is 1. The SMILES string of the molecule is COC(=O)c1ccc(CN2C[C@H](n3cnnn3)C[C@H]2C(=O)NCCc2cccc(Cl)c2)cc1. The van der Waals surface area contributed by atoms with Crippen molar-refractivity contribution in [2.75, 3.05) is 20.2 Å². The monoisotopic (exact) mass is 468 g/mol. The minimum absolute atomic E-state index is 0.00183. The van der Waals surface area contributed by atoms with Crippen LogP contribution >= 0.6 is 11.6 Å². The van der Waals surface area contributed by atoms with E-state index < -0.39 is 0 Å². The number of aromatic nitrogens is 4. The molecule has 1 saturated heterocycles. The van der Waals surface area contributed by atoms with E-state index >= 15 is 0 Å². The fourth-order valence-electron chi connectivity index (χ4n) is 4.09. The third-order valence-electron chi connectivity index (χ3n) is 5.79. The second kappa shape index (κ2) is 10.5. The molecule has 2 aromatic carbocycles. The number of nitrogens with zero attached hydrogens (tertiary/aromatic N) is 5. The molecule has 4 rings (SSSR count). The quantitative estimate of drug-likeness (QED) is 0.506. The molecule has 0 unspecified atom stereocenters. The lowest BCUT2D eigenvalue weighted by Gasteiger charge is -2.23. The molecule has 9 nitrogen and oxygen atoms in total. The molecule has 0 aliphatic carbocycles. The first kappa shape index (κ1) is 22.9. The minimum Gasteiger partial charge on any atom is -0.465 e. The molecule has 1 amide bonds. The van der Waals surface area contributed by atoms with Gasteiger partial charge in [0.05, 0.1) is 24.8 Å². The van der Waals surface area contributed by atoms with Crippen LogP contribution in [0.15, 0.2) is 54.9 Å². The van der Waals surface area contributed by atoms with Crippen molar-refractivity contribution in [1.82, 2.24) is 30.4 Å². The zero-order valence-corrected chi connectivity index (χ0v) is 19.0. The lowest BCUT2D eigenvalue weighted by atomic mass is 10.1. The number of carbonyl (C=O) groups excluding carboxylic acids is 2. The Kier molecular flexibility index (Phi) is 7.31. The molecule has 1 N–H and O–H groups in total. The first-order valence-electron chi connectivity index (χ1n) is 10.7. The van der Waals surface area contributed by atoms with Gasteiger partial charge < -0.3 is 10.1 Å². The van der Waals surface area contributed by atoms with Gasteiger partial charge in [0.1, 0.15) is 6.33 Å². The van der Waals surface area contributed by atoms with Crippen LogP contribution in [0.4, 0.5) is 0 Å². The Morgan fingerprint density at radius 3 is 2.70 bits per heavy atom. The van der Waals surface area contributed by atoms with Crippen molar-refractivity contribution in [3.63, 3.8) is 0 Å². The van der Waals surface area contributed by atoms with Crippen LogP contribution in [0.25, 0.3) is 0 Å².